The van der Waals surface area contributed by atoms with Gasteiger partial charge in [0.25, 0.3) is 0 Å². The third-order valence-corrected chi connectivity index (χ3v) is 22.2. The first-order chi connectivity index (χ1) is 19.1. The van der Waals surface area contributed by atoms with E-state index in [0.717, 1.165) is 0 Å². The van der Waals surface area contributed by atoms with Gasteiger partial charge >= 0.3 is 0 Å². The van der Waals surface area contributed by atoms with E-state index in [9.17, 15) is 0 Å². The maximum atomic E-state index is 3.88. The van der Waals surface area contributed by atoms with E-state index in [4.69, 9.17) is 0 Å². The van der Waals surface area contributed by atoms with E-state index in [0.29, 0.717) is 30.9 Å². The molecule has 0 spiro atoms. The molecule has 3 fully saturated rings. The lowest BCUT2D eigenvalue weighted by Crippen LogP contribution is -2.60. The van der Waals surface area contributed by atoms with E-state index in [1.807, 2.05) is 0 Å². The summed E-state index contributed by atoms with van der Waals surface area (Å²) in [6.45, 7) is 15.0. The molecule has 0 bridgehead atoms. The van der Waals surface area contributed by atoms with Gasteiger partial charge in [-0.2, -0.15) is 0 Å². The normalized spacial score (nSPS) is 34.4. The second-order valence-corrected chi connectivity index (χ2v) is 22.5. The van der Waals surface area contributed by atoms with Crippen LogP contribution in [0.25, 0.3) is 0 Å². The van der Waals surface area contributed by atoms with Crippen LogP contribution < -0.4 is 0 Å². The van der Waals surface area contributed by atoms with Gasteiger partial charge in [0.2, 0.25) is 0 Å². The topological polar surface area (TPSA) is 0 Å². The van der Waals surface area contributed by atoms with Gasteiger partial charge in [0.15, 0.2) is 0 Å². The van der Waals surface area contributed by atoms with E-state index in [1.54, 1.807) is 0 Å². The van der Waals surface area contributed by atoms with Crippen LogP contribution in [-0.2, 0) is 0 Å². The molecule has 0 saturated heterocycles. The van der Waals surface area contributed by atoms with Crippen molar-refractivity contribution >= 4 is 35.6 Å². The van der Waals surface area contributed by atoms with E-state index >= 15 is 0 Å². The first-order valence-corrected chi connectivity index (χ1v) is 21.3. The fraction of sp³-hybridized carbons (Fsp3) is 1.00. The first-order valence-electron chi connectivity index (χ1n) is 18.3. The molecule has 0 heterocycles. The van der Waals surface area contributed by atoms with E-state index < -0.39 is 0 Å². The summed E-state index contributed by atoms with van der Waals surface area (Å²) in [5.41, 5.74) is 1.50. The molecule has 0 aromatic carbocycles. The van der Waals surface area contributed by atoms with E-state index in [2.05, 4.69) is 69.3 Å². The summed E-state index contributed by atoms with van der Waals surface area (Å²) in [4.78, 5) is 1.18. The van der Waals surface area contributed by atoms with Crippen LogP contribution in [0.1, 0.15) is 196 Å². The highest BCUT2D eigenvalue weighted by Crippen LogP contribution is 2.90. The molecule has 6 atom stereocenters. The van der Waals surface area contributed by atoms with E-state index in [-0.39, 0.29) is 7.92 Å². The van der Waals surface area contributed by atoms with Crippen molar-refractivity contribution in [3.63, 3.8) is 0 Å². The molecule has 0 nitrogen and oxygen atoms in total. The predicted molar refractivity (Wildman–Crippen MR) is 196 cm³/mol. The molecule has 3 rings (SSSR count). The zero-order chi connectivity index (χ0) is 29.5. The summed E-state index contributed by atoms with van der Waals surface area (Å²) >= 11 is 0. The Hall–Kier alpha value is 1.72. The third-order valence-electron chi connectivity index (χ3n) is 12.7. The Bertz CT molecular complexity index is 632. The highest BCUT2D eigenvalue weighted by molar-refractivity contribution is 7.79. The van der Waals surface area contributed by atoms with Crippen LogP contribution in [0.15, 0.2) is 0 Å². The van der Waals surface area contributed by atoms with Crippen LogP contribution in [-0.4, -0.2) is 14.7 Å². The number of rotatable bonds is 15. The van der Waals surface area contributed by atoms with Gasteiger partial charge in [-0.3, -0.25) is 0 Å². The average Bonchev–Trinajstić information content (AvgIpc) is 2.91. The Morgan fingerprint density at radius 3 is 0.775 bits per heavy atom. The molecule has 6 unspecified atom stereocenters. The number of hydrogen-bond acceptors (Lipinski definition) is 0. The summed E-state index contributed by atoms with van der Waals surface area (Å²) in [6.07, 6.45) is 34.5. The lowest BCUT2D eigenvalue weighted by molar-refractivity contribution is 0.103. The summed E-state index contributed by atoms with van der Waals surface area (Å²) < 4.78 is 0. The molecular formula is C36H72P4. The van der Waals surface area contributed by atoms with Crippen molar-refractivity contribution in [3.8, 4) is 0 Å². The third kappa shape index (κ3) is 6.24. The van der Waals surface area contributed by atoms with Gasteiger partial charge in [-0.1, -0.05) is 127 Å². The molecule has 0 aromatic heterocycles. The lowest BCUT2D eigenvalue weighted by Gasteiger charge is -2.72. The molecule has 0 aliphatic heterocycles. The Labute approximate surface area is 261 Å². The number of hydrogen-bond donors (Lipinski definition) is 0. The van der Waals surface area contributed by atoms with Gasteiger partial charge in [-0.05, 0) is 93.3 Å². The maximum Gasteiger partial charge on any atom is 0.0122 e. The molecule has 0 N–H and O–H groups in total. The SMILES string of the molecule is CCCC1(CCC)CCCCC1(P)P(C1(P)CCCCC1(CCC)CCC)C1(P)CCCCC1(CCC)CCC. The molecule has 40 heavy (non-hydrogen) atoms. The van der Waals surface area contributed by atoms with Gasteiger partial charge in [0.1, 0.15) is 0 Å². The molecule has 3 aliphatic rings. The zero-order valence-corrected chi connectivity index (χ0v) is 32.5. The van der Waals surface area contributed by atoms with Crippen LogP contribution >= 0.6 is 35.6 Å². The Morgan fingerprint density at radius 1 is 0.375 bits per heavy atom. The molecule has 0 aromatic rings. The fourth-order valence-corrected chi connectivity index (χ4v) is 24.5. The second-order valence-electron chi connectivity index (χ2n) is 15.1. The molecule has 0 amide bonds. The standard InChI is InChI=1S/C36H72P4/c1-7-19-31(20-8-2)25-13-16-28-34(31,37)40(35(38)29-17-14-26-32(35,21-9-3)22-10-4)36(39)30-18-15-27-33(36,23-11-5)24-12-6/h7-30,37-39H2,1-6H3. The van der Waals surface area contributed by atoms with Gasteiger partial charge in [0.05, 0.1) is 0 Å². The van der Waals surface area contributed by atoms with Crippen LogP contribution in [0, 0.1) is 16.2 Å². The van der Waals surface area contributed by atoms with Crippen molar-refractivity contribution in [2.75, 3.05) is 0 Å². The maximum absolute atomic E-state index is 3.88. The smallest absolute Gasteiger partial charge is 0.0122 e. The fourth-order valence-electron chi connectivity index (χ4n) is 11.4. The van der Waals surface area contributed by atoms with Crippen LogP contribution in [0.3, 0.4) is 0 Å². The van der Waals surface area contributed by atoms with Crippen molar-refractivity contribution in [3.05, 3.63) is 0 Å². The Morgan fingerprint density at radius 2 is 0.575 bits per heavy atom. The minimum absolute atomic E-state index is 0.305. The molecule has 0 radical (unpaired) electrons. The average molecular weight is 629 g/mol. The van der Waals surface area contributed by atoms with Crippen molar-refractivity contribution in [1.29, 1.82) is 0 Å². The highest BCUT2D eigenvalue weighted by Gasteiger charge is 2.69. The summed E-state index contributed by atoms with van der Waals surface area (Å²) in [7, 11) is 11.3. The molecule has 3 aliphatic carbocycles. The molecule has 236 valence electrons. The Balaban J connectivity index is 2.42. The Kier molecular flexibility index (Phi) is 13.9. The minimum atomic E-state index is -0.305. The van der Waals surface area contributed by atoms with Gasteiger partial charge in [0, 0.05) is 14.7 Å². The van der Waals surface area contributed by atoms with Crippen LogP contribution in [0.5, 0.6) is 0 Å². The van der Waals surface area contributed by atoms with E-state index in [1.165, 1.54) is 154 Å². The summed E-state index contributed by atoms with van der Waals surface area (Å²) in [6, 6.07) is 0. The first kappa shape index (κ1) is 36.2. The lowest BCUT2D eigenvalue weighted by atomic mass is 9.66. The monoisotopic (exact) mass is 628 g/mol. The minimum Gasteiger partial charge on any atom is -0.126 e. The quantitative estimate of drug-likeness (QED) is 0.158. The van der Waals surface area contributed by atoms with Crippen LogP contribution in [0.2, 0.25) is 0 Å². The molecule has 3 saturated carbocycles. The highest BCUT2D eigenvalue weighted by atomic mass is 31.2. The molecule has 4 heteroatoms. The van der Waals surface area contributed by atoms with Crippen molar-refractivity contribution in [2.24, 2.45) is 16.2 Å². The van der Waals surface area contributed by atoms with Gasteiger partial charge in [-0.15, -0.1) is 27.7 Å². The van der Waals surface area contributed by atoms with Crippen molar-refractivity contribution < 1.29 is 0 Å². The largest absolute Gasteiger partial charge is 0.126 e. The van der Waals surface area contributed by atoms with Crippen molar-refractivity contribution in [2.45, 2.75) is 210 Å². The van der Waals surface area contributed by atoms with Crippen molar-refractivity contribution in [1.82, 2.24) is 0 Å². The van der Waals surface area contributed by atoms with Gasteiger partial charge in [-0.25, -0.2) is 0 Å². The van der Waals surface area contributed by atoms with Gasteiger partial charge < -0.3 is 0 Å². The van der Waals surface area contributed by atoms with Crippen LogP contribution in [0.4, 0.5) is 0 Å². The second kappa shape index (κ2) is 15.3. The predicted octanol–water partition coefficient (Wildman–Crippen LogP) is 13.7. The molecular weight excluding hydrogens is 556 g/mol. The summed E-state index contributed by atoms with van der Waals surface area (Å²) in [5.74, 6) is 0. The summed E-state index contributed by atoms with van der Waals surface area (Å²) in [5, 5.41) is 0. The zero-order valence-electron chi connectivity index (χ0n) is 28.1.